The Morgan fingerprint density at radius 3 is 2.68 bits per heavy atom. The Balaban J connectivity index is 1.91. The van der Waals surface area contributed by atoms with E-state index in [1.807, 2.05) is 23.1 Å². The minimum Gasteiger partial charge on any atom is -0.335 e. The van der Waals surface area contributed by atoms with E-state index < -0.39 is 0 Å². The van der Waals surface area contributed by atoms with Crippen LogP contribution in [-0.4, -0.2) is 38.7 Å². The number of aromatic nitrogens is 2. The molecular weight excluding hydrogens is 306 g/mol. The highest BCUT2D eigenvalue weighted by Crippen LogP contribution is 2.28. The van der Waals surface area contributed by atoms with Crippen LogP contribution in [0.1, 0.15) is 23.2 Å². The number of halogens is 1. The van der Waals surface area contributed by atoms with Gasteiger partial charge in [0.15, 0.2) is 0 Å². The van der Waals surface area contributed by atoms with Crippen LogP contribution in [0.3, 0.4) is 0 Å². The van der Waals surface area contributed by atoms with Gasteiger partial charge in [-0.25, -0.2) is 0 Å². The first-order chi connectivity index (χ1) is 9.29. The second-order valence-corrected chi connectivity index (χ2v) is 5.47. The smallest absolute Gasteiger partial charge is 0.254 e. The van der Waals surface area contributed by atoms with Gasteiger partial charge in [0, 0.05) is 35.9 Å². The molecule has 0 radical (unpaired) electrons. The fourth-order valence-corrected chi connectivity index (χ4v) is 2.57. The van der Waals surface area contributed by atoms with E-state index in [0.29, 0.717) is 11.6 Å². The first kappa shape index (κ1) is 12.5. The molecular formula is C14H14BrN3O. The van der Waals surface area contributed by atoms with Gasteiger partial charge in [-0.05, 0) is 31.0 Å². The lowest BCUT2D eigenvalue weighted by molar-refractivity contribution is 0.0755. The lowest BCUT2D eigenvalue weighted by Gasteiger charge is -2.21. The van der Waals surface area contributed by atoms with Crippen molar-refractivity contribution in [2.45, 2.75) is 18.9 Å². The van der Waals surface area contributed by atoms with E-state index in [2.05, 4.69) is 25.9 Å². The number of alkyl halides is 1. The summed E-state index contributed by atoms with van der Waals surface area (Å²) in [4.78, 5) is 22.9. The predicted molar refractivity (Wildman–Crippen MR) is 77.4 cm³/mol. The van der Waals surface area contributed by atoms with Gasteiger partial charge in [-0.3, -0.25) is 14.8 Å². The summed E-state index contributed by atoms with van der Waals surface area (Å²) in [5, 5.41) is 0.808. The second-order valence-electron chi connectivity index (χ2n) is 4.68. The number of carbonyl (C=O) groups is 1. The molecule has 5 heteroatoms. The Morgan fingerprint density at radius 1 is 1.26 bits per heavy atom. The van der Waals surface area contributed by atoms with Crippen LogP contribution in [0.5, 0.6) is 0 Å². The Morgan fingerprint density at radius 2 is 2.00 bits per heavy atom. The summed E-state index contributed by atoms with van der Waals surface area (Å²) in [6, 6.07) is 5.94. The zero-order valence-electron chi connectivity index (χ0n) is 10.4. The fraction of sp³-hybridized carbons (Fsp3) is 0.357. The molecule has 1 saturated carbocycles. The third-order valence-electron chi connectivity index (χ3n) is 3.29. The molecule has 0 unspecified atom stereocenters. The van der Waals surface area contributed by atoms with E-state index in [9.17, 15) is 4.79 Å². The van der Waals surface area contributed by atoms with E-state index in [1.54, 1.807) is 12.4 Å². The zero-order valence-corrected chi connectivity index (χ0v) is 12.0. The monoisotopic (exact) mass is 319 g/mol. The summed E-state index contributed by atoms with van der Waals surface area (Å²) >= 11 is 3.41. The molecule has 4 nitrogen and oxygen atoms in total. The largest absolute Gasteiger partial charge is 0.335 e. The summed E-state index contributed by atoms with van der Waals surface area (Å²) in [6.07, 6.45) is 5.54. The van der Waals surface area contributed by atoms with Crippen LogP contribution in [0.25, 0.3) is 11.0 Å². The number of nitrogens with zero attached hydrogens (tertiary/aromatic N) is 3. The van der Waals surface area contributed by atoms with Crippen molar-refractivity contribution >= 4 is 32.9 Å². The molecule has 2 aromatic rings. The average Bonchev–Trinajstić information content (AvgIpc) is 3.28. The normalized spacial score (nSPS) is 14.6. The average molecular weight is 320 g/mol. The highest BCUT2D eigenvalue weighted by Gasteiger charge is 2.32. The van der Waals surface area contributed by atoms with Crippen LogP contribution >= 0.6 is 15.9 Å². The van der Waals surface area contributed by atoms with Crippen molar-refractivity contribution in [3.05, 3.63) is 36.2 Å². The van der Waals surface area contributed by atoms with Crippen LogP contribution in [0, 0.1) is 0 Å². The van der Waals surface area contributed by atoms with Gasteiger partial charge in [0.2, 0.25) is 0 Å². The predicted octanol–water partition coefficient (Wildman–Crippen LogP) is 2.63. The second kappa shape index (κ2) is 5.25. The fourth-order valence-electron chi connectivity index (χ4n) is 2.19. The molecule has 0 spiro atoms. The lowest BCUT2D eigenvalue weighted by atomic mass is 10.1. The molecule has 0 bridgehead atoms. The van der Waals surface area contributed by atoms with Crippen molar-refractivity contribution in [2.24, 2.45) is 0 Å². The van der Waals surface area contributed by atoms with Crippen LogP contribution in [0.4, 0.5) is 0 Å². The summed E-state index contributed by atoms with van der Waals surface area (Å²) in [5.74, 6) is 0.0921. The van der Waals surface area contributed by atoms with Gasteiger partial charge in [0.25, 0.3) is 5.91 Å². The number of benzene rings is 1. The van der Waals surface area contributed by atoms with Crippen molar-refractivity contribution in [2.75, 3.05) is 11.9 Å². The molecule has 1 aliphatic rings. The molecule has 1 fully saturated rings. The van der Waals surface area contributed by atoms with Crippen molar-refractivity contribution in [3.63, 3.8) is 0 Å². The van der Waals surface area contributed by atoms with Gasteiger partial charge in [0.1, 0.15) is 0 Å². The molecule has 0 aliphatic heterocycles. The Hall–Kier alpha value is -1.49. The maximum atomic E-state index is 12.5. The molecule has 3 rings (SSSR count). The van der Waals surface area contributed by atoms with Gasteiger partial charge in [0.05, 0.1) is 11.0 Å². The summed E-state index contributed by atoms with van der Waals surface area (Å²) in [6.45, 7) is 0.752. The molecule has 1 aromatic carbocycles. The van der Waals surface area contributed by atoms with Crippen LogP contribution in [0.2, 0.25) is 0 Å². The lowest BCUT2D eigenvalue weighted by Crippen LogP contribution is -2.34. The number of fused-ring (bicyclic) bond motifs is 1. The quantitative estimate of drug-likeness (QED) is 0.814. The molecule has 1 amide bonds. The standard InChI is InChI=1S/C14H14BrN3O/c15-5-8-18(11-2-3-11)14(19)10-1-4-12-13(9-10)17-7-6-16-12/h1,4,6-7,9,11H,2-3,5,8H2. The minimum atomic E-state index is 0.0921. The van der Waals surface area contributed by atoms with E-state index in [4.69, 9.17) is 0 Å². The van der Waals surface area contributed by atoms with Crippen LogP contribution < -0.4 is 0 Å². The summed E-state index contributed by atoms with van der Waals surface area (Å²) in [5.41, 5.74) is 2.28. The van der Waals surface area contributed by atoms with E-state index in [-0.39, 0.29) is 5.91 Å². The van der Waals surface area contributed by atoms with Gasteiger partial charge < -0.3 is 4.90 Å². The van der Waals surface area contributed by atoms with Crippen molar-refractivity contribution in [1.29, 1.82) is 0 Å². The topological polar surface area (TPSA) is 46.1 Å². The first-order valence-corrected chi connectivity index (χ1v) is 7.49. The Bertz CT molecular complexity index is 612. The highest BCUT2D eigenvalue weighted by molar-refractivity contribution is 9.09. The molecule has 19 heavy (non-hydrogen) atoms. The summed E-state index contributed by atoms with van der Waals surface area (Å²) in [7, 11) is 0. The third kappa shape index (κ3) is 2.61. The maximum absolute atomic E-state index is 12.5. The minimum absolute atomic E-state index is 0.0921. The third-order valence-corrected chi connectivity index (χ3v) is 3.64. The zero-order chi connectivity index (χ0) is 13.2. The SMILES string of the molecule is O=C(c1ccc2nccnc2c1)N(CCBr)C1CC1. The number of amides is 1. The molecule has 1 heterocycles. The summed E-state index contributed by atoms with van der Waals surface area (Å²) < 4.78 is 0. The maximum Gasteiger partial charge on any atom is 0.254 e. The van der Waals surface area contributed by atoms with Crippen molar-refractivity contribution < 1.29 is 4.79 Å². The molecule has 0 atom stereocenters. The molecule has 0 saturated heterocycles. The molecule has 98 valence electrons. The number of hydrogen-bond acceptors (Lipinski definition) is 3. The van der Waals surface area contributed by atoms with Gasteiger partial charge in [-0.2, -0.15) is 0 Å². The van der Waals surface area contributed by atoms with Crippen molar-refractivity contribution in [1.82, 2.24) is 14.9 Å². The van der Waals surface area contributed by atoms with Gasteiger partial charge in [-0.1, -0.05) is 15.9 Å². The number of hydrogen-bond donors (Lipinski definition) is 0. The first-order valence-electron chi connectivity index (χ1n) is 6.37. The Labute approximate surface area is 120 Å². The van der Waals surface area contributed by atoms with E-state index in [1.165, 1.54) is 0 Å². The molecule has 1 aromatic heterocycles. The Kier molecular flexibility index (Phi) is 3.46. The van der Waals surface area contributed by atoms with Gasteiger partial charge >= 0.3 is 0 Å². The van der Waals surface area contributed by atoms with E-state index >= 15 is 0 Å². The highest BCUT2D eigenvalue weighted by atomic mass is 79.9. The van der Waals surface area contributed by atoms with Crippen LogP contribution in [-0.2, 0) is 0 Å². The number of rotatable bonds is 4. The number of carbonyl (C=O) groups excluding carboxylic acids is 1. The van der Waals surface area contributed by atoms with Crippen LogP contribution in [0.15, 0.2) is 30.6 Å². The van der Waals surface area contributed by atoms with E-state index in [0.717, 1.165) is 35.7 Å². The van der Waals surface area contributed by atoms with Crippen molar-refractivity contribution in [3.8, 4) is 0 Å². The van der Waals surface area contributed by atoms with Gasteiger partial charge in [-0.15, -0.1) is 0 Å². The molecule has 0 N–H and O–H groups in total. The molecule has 1 aliphatic carbocycles.